The molecule has 0 spiro atoms. The van der Waals surface area contributed by atoms with Crippen LogP contribution in [0.5, 0.6) is 5.75 Å². The maximum atomic E-state index is 5.78. The highest BCUT2D eigenvalue weighted by Crippen LogP contribution is 2.22. The number of methoxy groups -OCH3 is 1. The van der Waals surface area contributed by atoms with Crippen LogP contribution in [-0.2, 0) is 16.0 Å². The fourth-order valence-corrected chi connectivity index (χ4v) is 3.24. The van der Waals surface area contributed by atoms with Gasteiger partial charge in [-0.2, -0.15) is 0 Å². The lowest BCUT2D eigenvalue weighted by molar-refractivity contribution is 0.0203. The van der Waals surface area contributed by atoms with Crippen molar-refractivity contribution >= 4 is 45.9 Å². The van der Waals surface area contributed by atoms with E-state index < -0.39 is 0 Å². The van der Waals surface area contributed by atoms with Gasteiger partial charge in [0.05, 0.1) is 7.11 Å². The Labute approximate surface area is 188 Å². The quantitative estimate of drug-likeness (QED) is 0.211. The molecule has 8 heteroatoms. The van der Waals surface area contributed by atoms with Crippen molar-refractivity contribution in [1.82, 2.24) is 10.6 Å². The predicted molar refractivity (Wildman–Crippen MR) is 123 cm³/mol. The molecule has 27 heavy (non-hydrogen) atoms. The van der Waals surface area contributed by atoms with Gasteiger partial charge in [-0.1, -0.05) is 15.9 Å². The van der Waals surface area contributed by atoms with Crippen molar-refractivity contribution in [1.29, 1.82) is 0 Å². The number of hydrogen-bond acceptors (Lipinski definition) is 4. The summed E-state index contributed by atoms with van der Waals surface area (Å²) in [5.41, 5.74) is 1.07. The second kappa shape index (κ2) is 14.4. The molecule has 2 N–H and O–H groups in total. The van der Waals surface area contributed by atoms with E-state index in [4.69, 9.17) is 14.2 Å². The minimum atomic E-state index is 0. The van der Waals surface area contributed by atoms with E-state index in [2.05, 4.69) is 31.6 Å². The SMILES string of the molecule is CN=C(NCCCOCC1CCOCC1)NCc1cc(Br)ccc1OC.I. The number of ether oxygens (including phenoxy) is 3. The van der Waals surface area contributed by atoms with E-state index in [1.165, 1.54) is 0 Å². The summed E-state index contributed by atoms with van der Waals surface area (Å²) in [6, 6.07) is 5.96. The Kier molecular flexibility index (Phi) is 13.1. The van der Waals surface area contributed by atoms with Crippen LogP contribution in [0.4, 0.5) is 0 Å². The van der Waals surface area contributed by atoms with E-state index in [1.807, 2.05) is 18.2 Å². The number of nitrogens with zero attached hydrogens (tertiary/aromatic N) is 1. The molecule has 1 saturated heterocycles. The first-order chi connectivity index (χ1) is 12.7. The molecule has 0 saturated carbocycles. The fourth-order valence-electron chi connectivity index (χ4n) is 2.83. The summed E-state index contributed by atoms with van der Waals surface area (Å²) >= 11 is 3.49. The molecule has 0 aromatic heterocycles. The number of guanidine groups is 1. The molecule has 0 bridgehead atoms. The first kappa shape index (κ1) is 24.5. The number of halogens is 2. The van der Waals surface area contributed by atoms with Crippen molar-refractivity contribution < 1.29 is 14.2 Å². The van der Waals surface area contributed by atoms with Gasteiger partial charge in [-0.05, 0) is 43.4 Å². The summed E-state index contributed by atoms with van der Waals surface area (Å²) in [6.45, 7) is 4.83. The van der Waals surface area contributed by atoms with E-state index in [9.17, 15) is 0 Å². The third-order valence-electron chi connectivity index (χ3n) is 4.36. The molecule has 1 aromatic rings. The molecule has 0 amide bonds. The molecule has 0 unspecified atom stereocenters. The maximum Gasteiger partial charge on any atom is 0.191 e. The van der Waals surface area contributed by atoms with Crippen molar-refractivity contribution in [3.8, 4) is 5.75 Å². The fraction of sp³-hybridized carbons (Fsp3) is 0.632. The lowest BCUT2D eigenvalue weighted by atomic mass is 10.0. The molecule has 2 rings (SSSR count). The molecular formula is C19H31BrIN3O3. The molecule has 1 heterocycles. The van der Waals surface area contributed by atoms with Crippen molar-refractivity contribution in [3.05, 3.63) is 28.2 Å². The van der Waals surface area contributed by atoms with Crippen LogP contribution in [0.25, 0.3) is 0 Å². The first-order valence-corrected chi connectivity index (χ1v) is 9.94. The topological polar surface area (TPSA) is 64.1 Å². The van der Waals surface area contributed by atoms with Gasteiger partial charge in [-0.15, -0.1) is 24.0 Å². The zero-order valence-corrected chi connectivity index (χ0v) is 20.0. The van der Waals surface area contributed by atoms with E-state index >= 15 is 0 Å². The molecular weight excluding hydrogens is 525 g/mol. The molecule has 0 radical (unpaired) electrons. The molecule has 1 fully saturated rings. The Balaban J connectivity index is 0.00000364. The normalized spacial score (nSPS) is 15.1. The van der Waals surface area contributed by atoms with Crippen molar-refractivity contribution in [2.75, 3.05) is 47.1 Å². The Morgan fingerprint density at radius 3 is 2.78 bits per heavy atom. The van der Waals surface area contributed by atoms with Gasteiger partial charge in [0.1, 0.15) is 5.75 Å². The first-order valence-electron chi connectivity index (χ1n) is 9.15. The van der Waals surface area contributed by atoms with Crippen LogP contribution in [0.15, 0.2) is 27.7 Å². The summed E-state index contributed by atoms with van der Waals surface area (Å²) in [7, 11) is 3.45. The van der Waals surface area contributed by atoms with Gasteiger partial charge in [0.15, 0.2) is 5.96 Å². The average Bonchev–Trinajstić information content (AvgIpc) is 2.67. The maximum absolute atomic E-state index is 5.78. The minimum absolute atomic E-state index is 0. The summed E-state index contributed by atoms with van der Waals surface area (Å²) in [6.07, 6.45) is 3.19. The van der Waals surface area contributed by atoms with E-state index in [-0.39, 0.29) is 24.0 Å². The highest BCUT2D eigenvalue weighted by molar-refractivity contribution is 14.0. The van der Waals surface area contributed by atoms with E-state index in [0.717, 1.165) is 74.0 Å². The van der Waals surface area contributed by atoms with Gasteiger partial charge < -0.3 is 24.8 Å². The number of nitrogens with one attached hydrogen (secondary N) is 2. The van der Waals surface area contributed by atoms with Gasteiger partial charge in [0.2, 0.25) is 0 Å². The minimum Gasteiger partial charge on any atom is -0.496 e. The largest absolute Gasteiger partial charge is 0.496 e. The van der Waals surface area contributed by atoms with Crippen LogP contribution in [0.1, 0.15) is 24.8 Å². The summed E-state index contributed by atoms with van der Waals surface area (Å²) in [4.78, 5) is 4.26. The molecule has 1 aliphatic heterocycles. The molecule has 0 atom stereocenters. The smallest absolute Gasteiger partial charge is 0.191 e. The van der Waals surface area contributed by atoms with Gasteiger partial charge in [-0.3, -0.25) is 4.99 Å². The molecule has 1 aliphatic rings. The monoisotopic (exact) mass is 555 g/mol. The highest BCUT2D eigenvalue weighted by Gasteiger charge is 2.13. The standard InChI is InChI=1S/C19H30BrN3O3.HI/c1-21-19(23-13-16-12-17(20)4-5-18(16)24-2)22-8-3-9-26-14-15-6-10-25-11-7-15;/h4-5,12,15H,3,6-11,13-14H2,1-2H3,(H2,21,22,23);1H. The summed E-state index contributed by atoms with van der Waals surface area (Å²) in [5.74, 6) is 2.29. The number of benzene rings is 1. The lowest BCUT2D eigenvalue weighted by Crippen LogP contribution is -2.37. The van der Waals surface area contributed by atoms with Crippen LogP contribution < -0.4 is 15.4 Å². The van der Waals surface area contributed by atoms with Crippen molar-refractivity contribution in [2.24, 2.45) is 10.9 Å². The molecule has 1 aromatic carbocycles. The zero-order chi connectivity index (χ0) is 18.6. The summed E-state index contributed by atoms with van der Waals surface area (Å²) in [5, 5.41) is 6.63. The molecule has 154 valence electrons. The zero-order valence-electron chi connectivity index (χ0n) is 16.1. The Morgan fingerprint density at radius 2 is 2.07 bits per heavy atom. The van der Waals surface area contributed by atoms with Crippen molar-refractivity contribution in [3.63, 3.8) is 0 Å². The number of rotatable bonds is 9. The van der Waals surface area contributed by atoms with Crippen LogP contribution >= 0.6 is 39.9 Å². The van der Waals surface area contributed by atoms with Gasteiger partial charge in [0.25, 0.3) is 0 Å². The van der Waals surface area contributed by atoms with Crippen LogP contribution in [0.3, 0.4) is 0 Å². The Bertz CT molecular complexity index is 569. The Morgan fingerprint density at radius 1 is 1.30 bits per heavy atom. The third kappa shape index (κ3) is 9.45. The van der Waals surface area contributed by atoms with Gasteiger partial charge in [0, 0.05) is 56.6 Å². The van der Waals surface area contributed by atoms with Gasteiger partial charge >= 0.3 is 0 Å². The third-order valence-corrected chi connectivity index (χ3v) is 4.86. The molecule has 6 nitrogen and oxygen atoms in total. The number of aliphatic imine (C=N–C) groups is 1. The second-order valence-corrected chi connectivity index (χ2v) is 7.21. The van der Waals surface area contributed by atoms with Crippen LogP contribution in [-0.4, -0.2) is 53.1 Å². The van der Waals surface area contributed by atoms with Crippen LogP contribution in [0, 0.1) is 5.92 Å². The van der Waals surface area contributed by atoms with Gasteiger partial charge in [-0.25, -0.2) is 0 Å². The van der Waals surface area contributed by atoms with E-state index in [0.29, 0.717) is 12.5 Å². The second-order valence-electron chi connectivity index (χ2n) is 6.29. The number of hydrogen-bond donors (Lipinski definition) is 2. The highest BCUT2D eigenvalue weighted by atomic mass is 127. The molecule has 0 aliphatic carbocycles. The van der Waals surface area contributed by atoms with Crippen molar-refractivity contribution in [2.45, 2.75) is 25.8 Å². The lowest BCUT2D eigenvalue weighted by Gasteiger charge is -2.21. The van der Waals surface area contributed by atoms with E-state index in [1.54, 1.807) is 14.2 Å². The predicted octanol–water partition coefficient (Wildman–Crippen LogP) is 3.57. The summed E-state index contributed by atoms with van der Waals surface area (Å²) < 4.78 is 17.6. The van der Waals surface area contributed by atoms with Crippen LogP contribution in [0.2, 0.25) is 0 Å². The Hall–Kier alpha value is -0.580. The average molecular weight is 556 g/mol.